The third-order valence-electron chi connectivity index (χ3n) is 3.41. The largest absolute Gasteiger partial charge is 0.316 e. The molecular weight excluding hydrogens is 332 g/mol. The molecule has 1 aromatic carbocycles. The highest BCUT2D eigenvalue weighted by Gasteiger charge is 2.17. The number of anilines is 1. The minimum Gasteiger partial charge on any atom is -0.316 e. The van der Waals surface area contributed by atoms with Crippen molar-refractivity contribution in [3.8, 4) is 0 Å². The van der Waals surface area contributed by atoms with E-state index >= 15 is 0 Å². The van der Waals surface area contributed by atoms with E-state index in [1.54, 1.807) is 0 Å². The van der Waals surface area contributed by atoms with E-state index < -0.39 is 6.04 Å². The molecule has 5 nitrogen and oxygen atoms in total. The quantitative estimate of drug-likeness (QED) is 0.744. The molecule has 0 saturated carbocycles. The molecule has 1 atom stereocenters. The van der Waals surface area contributed by atoms with Crippen molar-refractivity contribution in [2.75, 3.05) is 5.32 Å². The summed E-state index contributed by atoms with van der Waals surface area (Å²) in [5.41, 5.74) is 7.91. The predicted octanol–water partition coefficient (Wildman–Crippen LogP) is 3.64. The highest BCUT2D eigenvalue weighted by atomic mass is 35.5. The van der Waals surface area contributed by atoms with Gasteiger partial charge in [-0.3, -0.25) is 10.1 Å². The maximum atomic E-state index is 12.2. The molecule has 3 N–H and O–H groups in total. The third kappa shape index (κ3) is 5.89. The second kappa shape index (κ2) is 9.60. The van der Waals surface area contributed by atoms with Gasteiger partial charge >= 0.3 is 0 Å². The molecule has 0 aliphatic rings. The Kier molecular flexibility index (Phi) is 8.16. The van der Waals surface area contributed by atoms with Gasteiger partial charge in [0, 0.05) is 6.42 Å². The van der Waals surface area contributed by atoms with Crippen LogP contribution in [-0.4, -0.2) is 16.1 Å². The SMILES string of the molecule is CCCCCc1nnc(NC(=O)C(N)c2ccc(C)cc2)s1.Cl. The van der Waals surface area contributed by atoms with Crippen LogP contribution >= 0.6 is 23.7 Å². The number of aryl methyl sites for hydroxylation is 2. The Morgan fingerprint density at radius 2 is 1.96 bits per heavy atom. The number of benzene rings is 1. The van der Waals surface area contributed by atoms with Crippen LogP contribution in [0.2, 0.25) is 0 Å². The Morgan fingerprint density at radius 3 is 2.61 bits per heavy atom. The van der Waals surface area contributed by atoms with E-state index in [0.29, 0.717) is 5.13 Å². The Hall–Kier alpha value is -1.50. The lowest BCUT2D eigenvalue weighted by Gasteiger charge is -2.11. The van der Waals surface area contributed by atoms with E-state index in [-0.39, 0.29) is 18.3 Å². The zero-order valence-electron chi connectivity index (χ0n) is 13.4. The highest BCUT2D eigenvalue weighted by molar-refractivity contribution is 7.15. The number of hydrogen-bond donors (Lipinski definition) is 2. The first-order valence-electron chi connectivity index (χ1n) is 7.55. The summed E-state index contributed by atoms with van der Waals surface area (Å²) >= 11 is 1.42. The summed E-state index contributed by atoms with van der Waals surface area (Å²) in [7, 11) is 0. The zero-order valence-corrected chi connectivity index (χ0v) is 15.0. The smallest absolute Gasteiger partial charge is 0.247 e. The number of rotatable bonds is 7. The number of carbonyl (C=O) groups excluding carboxylic acids is 1. The molecule has 1 amide bonds. The molecule has 0 fully saturated rings. The van der Waals surface area contributed by atoms with Gasteiger partial charge in [0.05, 0.1) is 0 Å². The molecule has 23 heavy (non-hydrogen) atoms. The fourth-order valence-electron chi connectivity index (χ4n) is 2.04. The van der Waals surface area contributed by atoms with Crippen molar-refractivity contribution in [2.45, 2.75) is 45.6 Å². The predicted molar refractivity (Wildman–Crippen MR) is 97.1 cm³/mol. The van der Waals surface area contributed by atoms with Crippen molar-refractivity contribution in [1.29, 1.82) is 0 Å². The van der Waals surface area contributed by atoms with Crippen LogP contribution in [0.15, 0.2) is 24.3 Å². The monoisotopic (exact) mass is 354 g/mol. The Labute approximate surface area is 147 Å². The standard InChI is InChI=1S/C16H22N4OS.ClH/c1-3-4-5-6-13-19-20-16(22-13)18-15(21)14(17)12-9-7-11(2)8-10-12;/h7-10,14H,3-6,17H2,1-2H3,(H,18,20,21);1H. The van der Waals surface area contributed by atoms with Gasteiger partial charge in [-0.05, 0) is 18.9 Å². The first-order valence-corrected chi connectivity index (χ1v) is 8.37. The molecule has 0 bridgehead atoms. The van der Waals surface area contributed by atoms with E-state index in [1.807, 2.05) is 31.2 Å². The summed E-state index contributed by atoms with van der Waals surface area (Å²) in [5, 5.41) is 12.3. The first-order chi connectivity index (χ1) is 10.6. The molecule has 0 aliphatic heterocycles. The fourth-order valence-corrected chi connectivity index (χ4v) is 2.82. The van der Waals surface area contributed by atoms with Gasteiger partial charge in [0.2, 0.25) is 11.0 Å². The lowest BCUT2D eigenvalue weighted by Crippen LogP contribution is -2.27. The van der Waals surface area contributed by atoms with Gasteiger partial charge in [-0.1, -0.05) is 60.9 Å². The van der Waals surface area contributed by atoms with Gasteiger partial charge in [0.1, 0.15) is 11.0 Å². The number of nitrogens with two attached hydrogens (primary N) is 1. The van der Waals surface area contributed by atoms with E-state index in [1.165, 1.54) is 24.2 Å². The normalized spacial score (nSPS) is 11.6. The molecule has 0 spiro atoms. The second-order valence-electron chi connectivity index (χ2n) is 5.34. The van der Waals surface area contributed by atoms with E-state index in [2.05, 4.69) is 22.4 Å². The van der Waals surface area contributed by atoms with Crippen molar-refractivity contribution in [1.82, 2.24) is 10.2 Å². The van der Waals surface area contributed by atoms with Crippen molar-refractivity contribution in [3.05, 3.63) is 40.4 Å². The van der Waals surface area contributed by atoms with E-state index in [4.69, 9.17) is 5.73 Å². The van der Waals surface area contributed by atoms with Crippen LogP contribution in [0.3, 0.4) is 0 Å². The molecule has 1 aromatic heterocycles. The highest BCUT2D eigenvalue weighted by Crippen LogP contribution is 2.19. The van der Waals surface area contributed by atoms with Gasteiger partial charge in [-0.25, -0.2) is 0 Å². The van der Waals surface area contributed by atoms with Crippen molar-refractivity contribution >= 4 is 34.8 Å². The molecular formula is C16H23ClN4OS. The maximum absolute atomic E-state index is 12.2. The van der Waals surface area contributed by atoms with Gasteiger partial charge in [0.25, 0.3) is 0 Å². The molecule has 2 rings (SSSR count). The molecule has 7 heteroatoms. The summed E-state index contributed by atoms with van der Waals surface area (Å²) < 4.78 is 0. The molecule has 2 aromatic rings. The van der Waals surface area contributed by atoms with Gasteiger partial charge < -0.3 is 5.73 Å². The Balaban J connectivity index is 0.00000264. The zero-order chi connectivity index (χ0) is 15.9. The summed E-state index contributed by atoms with van der Waals surface area (Å²) in [6, 6.07) is 6.93. The van der Waals surface area contributed by atoms with Crippen LogP contribution in [0, 0.1) is 6.92 Å². The van der Waals surface area contributed by atoms with Crippen LogP contribution < -0.4 is 11.1 Å². The average Bonchev–Trinajstić information content (AvgIpc) is 2.95. The van der Waals surface area contributed by atoms with Gasteiger partial charge in [-0.2, -0.15) is 0 Å². The molecule has 1 unspecified atom stereocenters. The summed E-state index contributed by atoms with van der Waals surface area (Å²) in [4.78, 5) is 12.2. The molecule has 0 aliphatic carbocycles. The van der Waals surface area contributed by atoms with Crippen LogP contribution in [-0.2, 0) is 11.2 Å². The van der Waals surface area contributed by atoms with Gasteiger partial charge in [-0.15, -0.1) is 22.6 Å². The maximum Gasteiger partial charge on any atom is 0.247 e. The first kappa shape index (κ1) is 19.5. The Bertz CT molecular complexity index is 615. The molecule has 0 radical (unpaired) electrons. The van der Waals surface area contributed by atoms with Crippen LogP contribution in [0.25, 0.3) is 0 Å². The summed E-state index contributed by atoms with van der Waals surface area (Å²) in [6.45, 7) is 4.16. The summed E-state index contributed by atoms with van der Waals surface area (Å²) in [6.07, 6.45) is 4.36. The number of carbonyl (C=O) groups is 1. The number of nitrogens with one attached hydrogen (secondary N) is 1. The van der Waals surface area contributed by atoms with Gasteiger partial charge in [0.15, 0.2) is 0 Å². The number of nitrogens with zero attached hydrogens (tertiary/aromatic N) is 2. The lowest BCUT2D eigenvalue weighted by atomic mass is 10.1. The van der Waals surface area contributed by atoms with Crippen molar-refractivity contribution in [3.63, 3.8) is 0 Å². The molecule has 1 heterocycles. The van der Waals surface area contributed by atoms with Crippen LogP contribution in [0.4, 0.5) is 5.13 Å². The van der Waals surface area contributed by atoms with Crippen molar-refractivity contribution in [2.24, 2.45) is 5.73 Å². The number of halogens is 1. The minimum atomic E-state index is -0.701. The topological polar surface area (TPSA) is 80.9 Å². The average molecular weight is 355 g/mol. The van der Waals surface area contributed by atoms with E-state index in [0.717, 1.165) is 29.0 Å². The van der Waals surface area contributed by atoms with Crippen molar-refractivity contribution < 1.29 is 4.79 Å². The minimum absolute atomic E-state index is 0. The van der Waals surface area contributed by atoms with E-state index in [9.17, 15) is 4.79 Å². The second-order valence-corrected chi connectivity index (χ2v) is 6.40. The van der Waals surface area contributed by atoms with Crippen LogP contribution in [0.5, 0.6) is 0 Å². The third-order valence-corrected chi connectivity index (χ3v) is 4.31. The fraction of sp³-hybridized carbons (Fsp3) is 0.438. The Morgan fingerprint density at radius 1 is 1.26 bits per heavy atom. The molecule has 126 valence electrons. The van der Waals surface area contributed by atoms with Crippen LogP contribution in [0.1, 0.15) is 48.4 Å². The number of aromatic nitrogens is 2. The lowest BCUT2D eigenvalue weighted by molar-refractivity contribution is -0.117. The molecule has 0 saturated heterocycles. The number of unbranched alkanes of at least 4 members (excludes halogenated alkanes) is 2. The number of amides is 1. The summed E-state index contributed by atoms with van der Waals surface area (Å²) in [5.74, 6) is -0.264. The number of hydrogen-bond acceptors (Lipinski definition) is 5.